The van der Waals surface area contributed by atoms with Crippen molar-refractivity contribution < 1.29 is 19.4 Å². The number of aromatic hydroxyl groups is 1. The normalized spacial score (nSPS) is 23.0. The first-order chi connectivity index (χ1) is 12.6. The van der Waals surface area contributed by atoms with E-state index in [2.05, 4.69) is 0 Å². The van der Waals surface area contributed by atoms with Crippen LogP contribution in [0.4, 0.5) is 0 Å². The minimum absolute atomic E-state index is 0.0943. The van der Waals surface area contributed by atoms with E-state index in [0.29, 0.717) is 31.9 Å². The van der Waals surface area contributed by atoms with E-state index in [-0.39, 0.29) is 23.6 Å². The maximum absolute atomic E-state index is 12.7. The fourth-order valence-electron chi connectivity index (χ4n) is 4.20. The van der Waals surface area contributed by atoms with Crippen molar-refractivity contribution in [3.8, 4) is 5.75 Å². The number of nitrogens with zero attached hydrogens (tertiary/aromatic N) is 2. The van der Waals surface area contributed by atoms with Gasteiger partial charge < -0.3 is 19.6 Å². The highest BCUT2D eigenvalue weighted by molar-refractivity contribution is 5.80. The van der Waals surface area contributed by atoms with Crippen LogP contribution in [0, 0.1) is 5.92 Å². The number of rotatable bonds is 6. The SMILES string of the molecule is COCCCN1C(=O)CC[C@H]2CN(C(=O)Cc3cccc(O)c3)CC[C@H]21. The van der Waals surface area contributed by atoms with E-state index in [1.165, 1.54) is 0 Å². The lowest BCUT2D eigenvalue weighted by atomic mass is 9.83. The van der Waals surface area contributed by atoms with Crippen LogP contribution in [0.5, 0.6) is 5.75 Å². The quantitative estimate of drug-likeness (QED) is 0.786. The zero-order valence-corrected chi connectivity index (χ0v) is 15.4. The Morgan fingerprint density at radius 2 is 2.19 bits per heavy atom. The van der Waals surface area contributed by atoms with Gasteiger partial charge in [-0.3, -0.25) is 9.59 Å². The number of benzene rings is 1. The molecule has 2 amide bonds. The van der Waals surface area contributed by atoms with E-state index >= 15 is 0 Å². The molecule has 6 nitrogen and oxygen atoms in total. The van der Waals surface area contributed by atoms with E-state index in [1.54, 1.807) is 25.3 Å². The van der Waals surface area contributed by atoms with Gasteiger partial charge in [0, 0.05) is 45.8 Å². The van der Waals surface area contributed by atoms with Gasteiger partial charge in [0.05, 0.1) is 6.42 Å². The maximum Gasteiger partial charge on any atom is 0.227 e. The molecule has 26 heavy (non-hydrogen) atoms. The number of hydrogen-bond acceptors (Lipinski definition) is 4. The van der Waals surface area contributed by atoms with Crippen molar-refractivity contribution in [2.45, 2.75) is 38.1 Å². The molecule has 2 fully saturated rings. The minimum atomic E-state index is 0.0943. The van der Waals surface area contributed by atoms with Gasteiger partial charge in [0.1, 0.15) is 5.75 Å². The molecule has 2 atom stereocenters. The number of piperidine rings is 2. The first-order valence-electron chi connectivity index (χ1n) is 9.42. The summed E-state index contributed by atoms with van der Waals surface area (Å²) >= 11 is 0. The van der Waals surface area contributed by atoms with Crippen molar-refractivity contribution in [1.29, 1.82) is 0 Å². The van der Waals surface area contributed by atoms with E-state index in [4.69, 9.17) is 4.74 Å². The van der Waals surface area contributed by atoms with Gasteiger partial charge in [-0.1, -0.05) is 12.1 Å². The predicted octanol–water partition coefficient (Wildman–Crippen LogP) is 1.81. The van der Waals surface area contributed by atoms with Crippen LogP contribution in [-0.4, -0.2) is 66.1 Å². The number of fused-ring (bicyclic) bond motifs is 1. The summed E-state index contributed by atoms with van der Waals surface area (Å²) in [6.45, 7) is 2.81. The minimum Gasteiger partial charge on any atom is -0.508 e. The van der Waals surface area contributed by atoms with Crippen LogP contribution in [0.15, 0.2) is 24.3 Å². The fraction of sp³-hybridized carbons (Fsp3) is 0.600. The number of carbonyl (C=O) groups is 2. The summed E-state index contributed by atoms with van der Waals surface area (Å²) < 4.78 is 5.11. The molecule has 142 valence electrons. The number of phenols is 1. The van der Waals surface area contributed by atoms with Crippen LogP contribution in [0.2, 0.25) is 0 Å². The number of hydrogen-bond donors (Lipinski definition) is 1. The molecule has 0 aromatic heterocycles. The number of phenolic OH excluding ortho intramolecular Hbond substituents is 1. The number of methoxy groups -OCH3 is 1. The van der Waals surface area contributed by atoms with Crippen LogP contribution in [0.1, 0.15) is 31.2 Å². The average molecular weight is 360 g/mol. The molecule has 2 heterocycles. The molecule has 3 rings (SSSR count). The Balaban J connectivity index is 1.58. The molecule has 0 aliphatic carbocycles. The molecule has 0 radical (unpaired) electrons. The molecule has 6 heteroatoms. The third-order valence-electron chi connectivity index (χ3n) is 5.51. The predicted molar refractivity (Wildman–Crippen MR) is 97.7 cm³/mol. The fourth-order valence-corrected chi connectivity index (χ4v) is 4.20. The summed E-state index contributed by atoms with van der Waals surface area (Å²) in [5.41, 5.74) is 0.831. The van der Waals surface area contributed by atoms with Gasteiger partial charge in [0.25, 0.3) is 0 Å². The molecule has 2 aliphatic rings. The van der Waals surface area contributed by atoms with Crippen LogP contribution in [0.25, 0.3) is 0 Å². The lowest BCUT2D eigenvalue weighted by Gasteiger charge is -2.47. The van der Waals surface area contributed by atoms with E-state index < -0.39 is 0 Å². The number of likely N-dealkylation sites (tertiary alicyclic amines) is 2. The zero-order valence-electron chi connectivity index (χ0n) is 15.4. The van der Waals surface area contributed by atoms with Crippen LogP contribution in [0.3, 0.4) is 0 Å². The number of ether oxygens (including phenoxy) is 1. The molecule has 2 aliphatic heterocycles. The molecule has 1 N–H and O–H groups in total. The molecule has 1 aromatic rings. The monoisotopic (exact) mass is 360 g/mol. The molecule has 0 bridgehead atoms. The van der Waals surface area contributed by atoms with Crippen molar-refractivity contribution >= 4 is 11.8 Å². The van der Waals surface area contributed by atoms with Gasteiger partial charge in [-0.05, 0) is 42.9 Å². The first kappa shape index (κ1) is 18.7. The van der Waals surface area contributed by atoms with E-state index in [9.17, 15) is 14.7 Å². The van der Waals surface area contributed by atoms with Crippen molar-refractivity contribution in [1.82, 2.24) is 9.80 Å². The highest BCUT2D eigenvalue weighted by Crippen LogP contribution is 2.31. The molecular weight excluding hydrogens is 332 g/mol. The summed E-state index contributed by atoms with van der Waals surface area (Å²) in [6.07, 6.45) is 3.44. The summed E-state index contributed by atoms with van der Waals surface area (Å²) in [5, 5.41) is 9.56. The molecule has 2 saturated heterocycles. The average Bonchev–Trinajstić information content (AvgIpc) is 2.63. The first-order valence-corrected chi connectivity index (χ1v) is 9.42. The Morgan fingerprint density at radius 1 is 1.35 bits per heavy atom. The van der Waals surface area contributed by atoms with Crippen molar-refractivity contribution in [3.63, 3.8) is 0 Å². The molecule has 0 spiro atoms. The largest absolute Gasteiger partial charge is 0.508 e. The third-order valence-corrected chi connectivity index (χ3v) is 5.51. The van der Waals surface area contributed by atoms with E-state index in [0.717, 1.165) is 37.9 Å². The summed E-state index contributed by atoms with van der Waals surface area (Å²) in [4.78, 5) is 28.9. The molecule has 1 aromatic carbocycles. The highest BCUT2D eigenvalue weighted by atomic mass is 16.5. The second kappa shape index (κ2) is 8.54. The standard InChI is InChI=1S/C20H28N2O4/c1-26-11-3-9-22-18-8-10-21(14-16(18)6-7-19(22)24)20(25)13-15-4-2-5-17(23)12-15/h2,4-5,12,16,18,23H,3,6-11,13-14H2,1H3/t16-,18+/m0/s1. The Morgan fingerprint density at radius 3 is 2.96 bits per heavy atom. The van der Waals surface area contributed by atoms with Crippen molar-refractivity contribution in [3.05, 3.63) is 29.8 Å². The summed E-state index contributed by atoms with van der Waals surface area (Å²) in [7, 11) is 1.68. The highest BCUT2D eigenvalue weighted by Gasteiger charge is 2.39. The smallest absolute Gasteiger partial charge is 0.227 e. The molecule has 0 saturated carbocycles. The maximum atomic E-state index is 12.7. The van der Waals surface area contributed by atoms with Crippen molar-refractivity contribution in [2.24, 2.45) is 5.92 Å². The lowest BCUT2D eigenvalue weighted by Crippen LogP contribution is -2.57. The Hall–Kier alpha value is -2.08. The second-order valence-corrected chi connectivity index (χ2v) is 7.27. The van der Waals surface area contributed by atoms with Crippen LogP contribution < -0.4 is 0 Å². The zero-order chi connectivity index (χ0) is 18.5. The van der Waals surface area contributed by atoms with Gasteiger partial charge >= 0.3 is 0 Å². The molecular formula is C20H28N2O4. The van der Waals surface area contributed by atoms with Crippen molar-refractivity contribution in [2.75, 3.05) is 33.4 Å². The third kappa shape index (κ3) is 4.36. The topological polar surface area (TPSA) is 70.1 Å². The van der Waals surface area contributed by atoms with Gasteiger partial charge in [0.2, 0.25) is 11.8 Å². The number of amides is 2. The Labute approximate surface area is 154 Å². The van der Waals surface area contributed by atoms with E-state index in [1.807, 2.05) is 15.9 Å². The second-order valence-electron chi connectivity index (χ2n) is 7.27. The van der Waals surface area contributed by atoms with Crippen LogP contribution in [-0.2, 0) is 20.7 Å². The van der Waals surface area contributed by atoms with Gasteiger partial charge in [0.15, 0.2) is 0 Å². The summed E-state index contributed by atoms with van der Waals surface area (Å²) in [6, 6.07) is 7.12. The Kier molecular flexibility index (Phi) is 6.14. The van der Waals surface area contributed by atoms with Crippen LogP contribution >= 0.6 is 0 Å². The lowest BCUT2D eigenvalue weighted by molar-refractivity contribution is -0.144. The van der Waals surface area contributed by atoms with Gasteiger partial charge in [-0.2, -0.15) is 0 Å². The van der Waals surface area contributed by atoms with Gasteiger partial charge in [-0.25, -0.2) is 0 Å². The summed E-state index contributed by atoms with van der Waals surface area (Å²) in [5.74, 6) is 0.877. The Bertz CT molecular complexity index is 648. The van der Waals surface area contributed by atoms with Gasteiger partial charge in [-0.15, -0.1) is 0 Å². The molecule has 0 unspecified atom stereocenters. The number of carbonyl (C=O) groups excluding carboxylic acids is 2.